The maximum atomic E-state index is 7.74. The highest BCUT2D eigenvalue weighted by atomic mass is 15.2. The van der Waals surface area contributed by atoms with E-state index in [1.165, 1.54) is 0 Å². The summed E-state index contributed by atoms with van der Waals surface area (Å²) in [7, 11) is 2.02. The van der Waals surface area contributed by atoms with Gasteiger partial charge in [0.05, 0.1) is 5.52 Å². The number of benzene rings is 1. The maximum Gasteiger partial charge on any atom is 0.129 e. The molecule has 0 bridgehead atoms. The van der Waals surface area contributed by atoms with E-state index in [4.69, 9.17) is 11.1 Å². The lowest BCUT2D eigenvalue weighted by atomic mass is 10.1. The second-order valence-corrected chi connectivity index (χ2v) is 4.83. The molecule has 0 saturated carbocycles. The number of nitrogens with zero attached hydrogens (tertiary/aromatic N) is 2. The number of nitrogens with two attached hydrogens (primary N) is 1. The van der Waals surface area contributed by atoms with E-state index < -0.39 is 0 Å². The Morgan fingerprint density at radius 3 is 2.74 bits per heavy atom. The number of aromatic nitrogens is 1. The molecule has 4 heteroatoms. The summed E-state index contributed by atoms with van der Waals surface area (Å²) >= 11 is 0. The van der Waals surface area contributed by atoms with Gasteiger partial charge < -0.3 is 10.6 Å². The summed E-state index contributed by atoms with van der Waals surface area (Å²) in [4.78, 5) is 6.78. The molecule has 2 rings (SSSR count). The van der Waals surface area contributed by atoms with Gasteiger partial charge in [0.25, 0.3) is 0 Å². The Balaban J connectivity index is 2.61. The molecule has 0 amide bonds. The van der Waals surface area contributed by atoms with E-state index in [2.05, 4.69) is 23.7 Å². The van der Waals surface area contributed by atoms with Crippen LogP contribution in [-0.2, 0) is 0 Å². The monoisotopic (exact) mass is 256 g/mol. The number of rotatable bonds is 4. The summed E-state index contributed by atoms with van der Waals surface area (Å²) in [5.41, 5.74) is 7.32. The van der Waals surface area contributed by atoms with Gasteiger partial charge in [0.1, 0.15) is 11.7 Å². The van der Waals surface area contributed by atoms with Crippen molar-refractivity contribution in [1.82, 2.24) is 4.98 Å². The second kappa shape index (κ2) is 5.26. The summed E-state index contributed by atoms with van der Waals surface area (Å²) in [6, 6.07) is 10.1. The standard InChI is InChI=1S/C15H20N4/c1-4-10(2)19(3)14-9-12(15(16)17)11-7-5-6-8-13(11)18-14/h5-10H,4H2,1-3H3,(H3,16,17). The van der Waals surface area contributed by atoms with E-state index in [-0.39, 0.29) is 5.84 Å². The minimum absolute atomic E-state index is 0.0809. The van der Waals surface area contributed by atoms with Crippen LogP contribution in [0.5, 0.6) is 0 Å². The SMILES string of the molecule is CCC(C)N(C)c1cc(C(=N)N)c2ccccc2n1. The van der Waals surface area contributed by atoms with Gasteiger partial charge in [-0.2, -0.15) is 0 Å². The molecule has 0 aliphatic heterocycles. The molecular weight excluding hydrogens is 236 g/mol. The van der Waals surface area contributed by atoms with Crippen molar-refractivity contribution >= 4 is 22.6 Å². The lowest BCUT2D eigenvalue weighted by Gasteiger charge is -2.25. The molecule has 0 fully saturated rings. The lowest BCUT2D eigenvalue weighted by molar-refractivity contribution is 0.658. The highest BCUT2D eigenvalue weighted by Crippen LogP contribution is 2.23. The Labute approximate surface area is 113 Å². The van der Waals surface area contributed by atoms with Crippen LogP contribution in [0.3, 0.4) is 0 Å². The van der Waals surface area contributed by atoms with Gasteiger partial charge in [-0.05, 0) is 25.5 Å². The molecule has 0 spiro atoms. The van der Waals surface area contributed by atoms with E-state index in [9.17, 15) is 0 Å². The van der Waals surface area contributed by atoms with Gasteiger partial charge in [-0.1, -0.05) is 25.1 Å². The average Bonchev–Trinajstić information content (AvgIpc) is 2.44. The van der Waals surface area contributed by atoms with Gasteiger partial charge in [0.2, 0.25) is 0 Å². The first-order valence-electron chi connectivity index (χ1n) is 6.51. The Morgan fingerprint density at radius 1 is 1.42 bits per heavy atom. The average molecular weight is 256 g/mol. The van der Waals surface area contributed by atoms with E-state index in [0.29, 0.717) is 6.04 Å². The van der Waals surface area contributed by atoms with E-state index in [1.54, 1.807) is 0 Å². The fourth-order valence-electron chi connectivity index (χ4n) is 2.06. The number of pyridine rings is 1. The summed E-state index contributed by atoms with van der Waals surface area (Å²) in [5, 5.41) is 8.67. The number of amidine groups is 1. The number of hydrogen-bond acceptors (Lipinski definition) is 3. The highest BCUT2D eigenvalue weighted by molar-refractivity contribution is 6.07. The molecule has 19 heavy (non-hydrogen) atoms. The number of anilines is 1. The molecule has 2 aromatic rings. The second-order valence-electron chi connectivity index (χ2n) is 4.83. The van der Waals surface area contributed by atoms with Crippen LogP contribution < -0.4 is 10.6 Å². The molecule has 1 aromatic heterocycles. The van der Waals surface area contributed by atoms with Crippen molar-refractivity contribution in [2.45, 2.75) is 26.3 Å². The zero-order chi connectivity index (χ0) is 14.0. The maximum absolute atomic E-state index is 7.74. The number of nitrogen functional groups attached to an aromatic ring is 1. The van der Waals surface area contributed by atoms with Gasteiger partial charge in [0, 0.05) is 24.0 Å². The van der Waals surface area contributed by atoms with Gasteiger partial charge in [-0.3, -0.25) is 5.41 Å². The summed E-state index contributed by atoms with van der Waals surface area (Å²) in [5.74, 6) is 0.940. The first kappa shape index (κ1) is 13.3. The van der Waals surface area contributed by atoms with Crippen LogP contribution in [0.2, 0.25) is 0 Å². The number of fused-ring (bicyclic) bond motifs is 1. The molecule has 1 heterocycles. The molecule has 4 nitrogen and oxygen atoms in total. The van der Waals surface area contributed by atoms with Crippen LogP contribution in [0.25, 0.3) is 10.9 Å². The highest BCUT2D eigenvalue weighted by Gasteiger charge is 2.13. The zero-order valence-corrected chi connectivity index (χ0v) is 11.6. The first-order valence-corrected chi connectivity index (χ1v) is 6.51. The van der Waals surface area contributed by atoms with Crippen LogP contribution >= 0.6 is 0 Å². The number of hydrogen-bond donors (Lipinski definition) is 2. The molecule has 0 aliphatic carbocycles. The Kier molecular flexibility index (Phi) is 3.69. The van der Waals surface area contributed by atoms with Crippen molar-refractivity contribution in [3.8, 4) is 0 Å². The zero-order valence-electron chi connectivity index (χ0n) is 11.6. The van der Waals surface area contributed by atoms with Crippen LogP contribution in [0.15, 0.2) is 30.3 Å². The van der Waals surface area contributed by atoms with E-state index in [0.717, 1.165) is 28.7 Å². The predicted molar refractivity (Wildman–Crippen MR) is 80.9 cm³/mol. The molecule has 0 aliphatic rings. The lowest BCUT2D eigenvalue weighted by Crippen LogP contribution is -2.29. The normalized spacial score (nSPS) is 12.4. The molecule has 0 radical (unpaired) electrons. The molecule has 3 N–H and O–H groups in total. The van der Waals surface area contributed by atoms with Gasteiger partial charge in [0.15, 0.2) is 0 Å². The third-order valence-electron chi connectivity index (χ3n) is 3.61. The van der Waals surface area contributed by atoms with Crippen molar-refractivity contribution in [2.24, 2.45) is 5.73 Å². The van der Waals surface area contributed by atoms with Crippen LogP contribution in [0, 0.1) is 5.41 Å². The summed E-state index contributed by atoms with van der Waals surface area (Å²) in [6.07, 6.45) is 1.04. The fraction of sp³-hybridized carbons (Fsp3) is 0.333. The Morgan fingerprint density at radius 2 is 2.11 bits per heavy atom. The first-order chi connectivity index (χ1) is 9.04. The minimum Gasteiger partial charge on any atom is -0.384 e. The van der Waals surface area contributed by atoms with E-state index >= 15 is 0 Å². The van der Waals surface area contributed by atoms with Gasteiger partial charge in [-0.25, -0.2) is 4.98 Å². The molecule has 0 saturated heterocycles. The van der Waals surface area contributed by atoms with Gasteiger partial charge >= 0.3 is 0 Å². The Hall–Kier alpha value is -2.10. The topological polar surface area (TPSA) is 66.0 Å². The minimum atomic E-state index is 0.0809. The summed E-state index contributed by atoms with van der Waals surface area (Å²) < 4.78 is 0. The van der Waals surface area contributed by atoms with Crippen LogP contribution in [0.1, 0.15) is 25.8 Å². The van der Waals surface area contributed by atoms with Crippen molar-refractivity contribution in [3.05, 3.63) is 35.9 Å². The van der Waals surface area contributed by atoms with Crippen molar-refractivity contribution in [2.75, 3.05) is 11.9 Å². The third kappa shape index (κ3) is 2.52. The van der Waals surface area contributed by atoms with Crippen molar-refractivity contribution in [3.63, 3.8) is 0 Å². The fourth-order valence-corrected chi connectivity index (χ4v) is 2.06. The molecule has 1 atom stereocenters. The largest absolute Gasteiger partial charge is 0.384 e. The number of nitrogens with one attached hydrogen (secondary N) is 1. The summed E-state index contributed by atoms with van der Waals surface area (Å²) in [6.45, 7) is 4.30. The van der Waals surface area contributed by atoms with E-state index in [1.807, 2.05) is 37.4 Å². The Bertz CT molecular complexity index is 606. The quantitative estimate of drug-likeness (QED) is 0.653. The smallest absolute Gasteiger partial charge is 0.129 e. The third-order valence-corrected chi connectivity index (χ3v) is 3.61. The molecule has 1 unspecified atom stereocenters. The van der Waals surface area contributed by atoms with Crippen LogP contribution in [-0.4, -0.2) is 23.9 Å². The van der Waals surface area contributed by atoms with Crippen LogP contribution in [0.4, 0.5) is 5.82 Å². The van der Waals surface area contributed by atoms with Crippen molar-refractivity contribution < 1.29 is 0 Å². The molecule has 100 valence electrons. The van der Waals surface area contributed by atoms with Crippen molar-refractivity contribution in [1.29, 1.82) is 5.41 Å². The predicted octanol–water partition coefficient (Wildman–Crippen LogP) is 2.75. The molecule has 1 aromatic carbocycles. The van der Waals surface area contributed by atoms with Gasteiger partial charge in [-0.15, -0.1) is 0 Å². The number of para-hydroxylation sites is 1. The molecular formula is C15H20N4.